The van der Waals surface area contributed by atoms with Crippen LogP contribution in [0.2, 0.25) is 0 Å². The molecule has 0 aliphatic rings. The van der Waals surface area contributed by atoms with Crippen LogP contribution in [-0.4, -0.2) is 11.1 Å². The zero-order chi connectivity index (χ0) is 14.5. The molecule has 0 aliphatic heterocycles. The molecule has 0 fully saturated rings. The van der Waals surface area contributed by atoms with E-state index >= 15 is 0 Å². The number of hydrogen-bond donors (Lipinski definition) is 1. The second kappa shape index (κ2) is 6.90. The summed E-state index contributed by atoms with van der Waals surface area (Å²) in [5, 5.41) is 9.55. The summed E-state index contributed by atoms with van der Waals surface area (Å²) in [6.07, 6.45) is 0. The van der Waals surface area contributed by atoms with Gasteiger partial charge in [-0.2, -0.15) is 0 Å². The number of carboxylic acid groups (broad SMARTS) is 1. The van der Waals surface area contributed by atoms with Crippen molar-refractivity contribution in [3.63, 3.8) is 0 Å². The fraction of sp³-hybridized carbons (Fsp3) is 0.133. The number of carbonyl (C=O) groups is 1. The fourth-order valence-electron chi connectivity index (χ4n) is 1.70. The largest absolute Gasteiger partial charge is 0.489 e. The Morgan fingerprint density at radius 1 is 1.15 bits per heavy atom. The molecule has 20 heavy (non-hydrogen) atoms. The molecule has 0 spiro atoms. The van der Waals surface area contributed by atoms with Gasteiger partial charge >= 0.3 is 5.97 Å². The molecule has 5 heteroatoms. The number of halogens is 2. The Balaban J connectivity index is 2.06. The lowest BCUT2D eigenvalue weighted by molar-refractivity contribution is 0.0697. The molecule has 0 aromatic heterocycles. The normalized spacial score (nSPS) is 10.3. The Kier molecular flexibility index (Phi) is 5.20. The average Bonchev–Trinajstić information content (AvgIpc) is 2.46. The number of ether oxygens (including phenoxy) is 1. The van der Waals surface area contributed by atoms with Gasteiger partial charge in [0.05, 0.1) is 5.56 Å². The molecule has 0 bridgehead atoms. The van der Waals surface area contributed by atoms with Crippen LogP contribution < -0.4 is 4.74 Å². The maximum atomic E-state index is 10.8. The third-order valence-corrected chi connectivity index (χ3v) is 3.86. The van der Waals surface area contributed by atoms with Crippen molar-refractivity contribution in [3.8, 4) is 5.75 Å². The van der Waals surface area contributed by atoms with Crippen molar-refractivity contribution >= 4 is 37.8 Å². The van der Waals surface area contributed by atoms with E-state index in [1.165, 1.54) is 0 Å². The first kappa shape index (κ1) is 15.1. The van der Waals surface area contributed by atoms with Crippen molar-refractivity contribution in [2.24, 2.45) is 0 Å². The first-order valence-electron chi connectivity index (χ1n) is 5.89. The Morgan fingerprint density at radius 3 is 2.45 bits per heavy atom. The van der Waals surface area contributed by atoms with Crippen LogP contribution in [0.15, 0.2) is 46.9 Å². The van der Waals surface area contributed by atoms with Crippen LogP contribution in [0.5, 0.6) is 5.75 Å². The summed E-state index contributed by atoms with van der Waals surface area (Å²) in [5.41, 5.74) is 2.26. The second-order valence-electron chi connectivity index (χ2n) is 4.18. The van der Waals surface area contributed by atoms with E-state index in [9.17, 15) is 4.79 Å². The van der Waals surface area contributed by atoms with E-state index in [4.69, 9.17) is 9.84 Å². The van der Waals surface area contributed by atoms with E-state index in [-0.39, 0.29) is 5.56 Å². The third kappa shape index (κ3) is 3.84. The summed E-state index contributed by atoms with van der Waals surface area (Å²) in [4.78, 5) is 10.8. The monoisotopic (exact) mass is 398 g/mol. The second-order valence-corrected chi connectivity index (χ2v) is 5.65. The van der Waals surface area contributed by atoms with Gasteiger partial charge in [0, 0.05) is 15.4 Å². The zero-order valence-electron chi connectivity index (χ0n) is 10.5. The lowest BCUT2D eigenvalue weighted by Gasteiger charge is -2.10. The highest BCUT2D eigenvalue weighted by Crippen LogP contribution is 2.26. The molecule has 2 aromatic carbocycles. The van der Waals surface area contributed by atoms with Crippen molar-refractivity contribution in [1.29, 1.82) is 0 Å². The van der Waals surface area contributed by atoms with Gasteiger partial charge in [-0.1, -0.05) is 44.0 Å². The third-order valence-electron chi connectivity index (χ3n) is 2.76. The number of hydrogen-bond acceptors (Lipinski definition) is 2. The maximum Gasteiger partial charge on any atom is 0.335 e. The molecule has 0 saturated heterocycles. The van der Waals surface area contributed by atoms with Gasteiger partial charge in [-0.05, 0) is 35.9 Å². The SMILES string of the molecule is O=C(O)c1ccc(COc2ccc(Br)cc2CBr)cc1. The summed E-state index contributed by atoms with van der Waals surface area (Å²) in [6.45, 7) is 0.404. The number of rotatable bonds is 5. The standard InChI is InChI=1S/C15H12Br2O3/c16-8-12-7-13(17)5-6-14(12)20-9-10-1-3-11(4-2-10)15(18)19/h1-7H,8-9H2,(H,18,19). The van der Waals surface area contributed by atoms with Crippen molar-refractivity contribution in [2.45, 2.75) is 11.9 Å². The molecule has 0 atom stereocenters. The lowest BCUT2D eigenvalue weighted by Crippen LogP contribution is -2.00. The molecule has 0 amide bonds. The van der Waals surface area contributed by atoms with Gasteiger partial charge < -0.3 is 9.84 Å². The van der Waals surface area contributed by atoms with Crippen LogP contribution in [0.25, 0.3) is 0 Å². The highest BCUT2D eigenvalue weighted by Gasteiger charge is 2.05. The first-order valence-corrected chi connectivity index (χ1v) is 7.81. The van der Waals surface area contributed by atoms with Crippen molar-refractivity contribution in [1.82, 2.24) is 0 Å². The van der Waals surface area contributed by atoms with E-state index in [0.29, 0.717) is 11.9 Å². The molecule has 0 radical (unpaired) electrons. The molecule has 0 unspecified atom stereocenters. The van der Waals surface area contributed by atoms with Crippen LogP contribution in [0, 0.1) is 0 Å². The minimum absolute atomic E-state index is 0.276. The highest BCUT2D eigenvalue weighted by atomic mass is 79.9. The fourth-order valence-corrected chi connectivity index (χ4v) is 2.54. The van der Waals surface area contributed by atoms with Crippen LogP contribution in [-0.2, 0) is 11.9 Å². The van der Waals surface area contributed by atoms with Crippen LogP contribution in [0.1, 0.15) is 21.5 Å². The summed E-state index contributed by atoms with van der Waals surface area (Å²) >= 11 is 6.85. The summed E-state index contributed by atoms with van der Waals surface area (Å²) in [5.74, 6) is -0.112. The van der Waals surface area contributed by atoms with Gasteiger partial charge in [-0.15, -0.1) is 0 Å². The smallest absolute Gasteiger partial charge is 0.335 e. The van der Waals surface area contributed by atoms with E-state index in [0.717, 1.165) is 21.3 Å². The van der Waals surface area contributed by atoms with Crippen LogP contribution in [0.4, 0.5) is 0 Å². The molecule has 0 heterocycles. The Hall–Kier alpha value is -1.33. The minimum Gasteiger partial charge on any atom is -0.489 e. The molecule has 0 aliphatic carbocycles. The van der Waals surface area contributed by atoms with Gasteiger partial charge in [-0.25, -0.2) is 4.79 Å². The number of aromatic carboxylic acids is 1. The predicted molar refractivity (Wildman–Crippen MR) is 84.5 cm³/mol. The molecular formula is C15H12Br2O3. The summed E-state index contributed by atoms with van der Waals surface area (Å²) in [6, 6.07) is 12.5. The van der Waals surface area contributed by atoms with Gasteiger partial charge in [0.25, 0.3) is 0 Å². The van der Waals surface area contributed by atoms with Crippen LogP contribution in [0.3, 0.4) is 0 Å². The Morgan fingerprint density at radius 2 is 1.85 bits per heavy atom. The lowest BCUT2D eigenvalue weighted by atomic mass is 10.1. The van der Waals surface area contributed by atoms with Crippen molar-refractivity contribution in [3.05, 3.63) is 63.6 Å². The quantitative estimate of drug-likeness (QED) is 0.746. The first-order chi connectivity index (χ1) is 9.60. The topological polar surface area (TPSA) is 46.5 Å². The van der Waals surface area contributed by atoms with E-state index in [1.54, 1.807) is 24.3 Å². The summed E-state index contributed by atoms with van der Waals surface area (Å²) in [7, 11) is 0. The molecule has 104 valence electrons. The highest BCUT2D eigenvalue weighted by molar-refractivity contribution is 9.10. The Bertz CT molecular complexity index is 609. The maximum absolute atomic E-state index is 10.8. The number of carboxylic acids is 1. The van der Waals surface area contributed by atoms with Crippen LogP contribution >= 0.6 is 31.9 Å². The van der Waals surface area contributed by atoms with Gasteiger partial charge in [0.15, 0.2) is 0 Å². The van der Waals surface area contributed by atoms with E-state index in [1.807, 2.05) is 18.2 Å². The minimum atomic E-state index is -0.924. The zero-order valence-corrected chi connectivity index (χ0v) is 13.6. The van der Waals surface area contributed by atoms with E-state index in [2.05, 4.69) is 31.9 Å². The molecular weight excluding hydrogens is 388 g/mol. The van der Waals surface area contributed by atoms with E-state index < -0.39 is 5.97 Å². The Labute approximate surface area is 133 Å². The van der Waals surface area contributed by atoms with Crippen molar-refractivity contribution in [2.75, 3.05) is 0 Å². The van der Waals surface area contributed by atoms with Gasteiger partial charge in [-0.3, -0.25) is 0 Å². The summed E-state index contributed by atoms with van der Waals surface area (Å²) < 4.78 is 6.78. The van der Waals surface area contributed by atoms with Gasteiger partial charge in [0.1, 0.15) is 12.4 Å². The number of alkyl halides is 1. The predicted octanol–water partition coefficient (Wildman–Crippen LogP) is 4.62. The van der Waals surface area contributed by atoms with Crippen molar-refractivity contribution < 1.29 is 14.6 Å². The number of benzene rings is 2. The molecule has 2 rings (SSSR count). The van der Waals surface area contributed by atoms with Gasteiger partial charge in [0.2, 0.25) is 0 Å². The molecule has 3 nitrogen and oxygen atoms in total. The molecule has 2 aromatic rings. The molecule has 0 saturated carbocycles. The average molecular weight is 400 g/mol. The molecule has 1 N–H and O–H groups in total.